The molecule has 1 amide bonds. The fourth-order valence-corrected chi connectivity index (χ4v) is 2.38. The maximum absolute atomic E-state index is 11.6. The van der Waals surface area contributed by atoms with E-state index in [9.17, 15) is 9.90 Å². The molecule has 0 saturated carbocycles. The van der Waals surface area contributed by atoms with Crippen LogP contribution in [0.4, 0.5) is 5.69 Å². The molecule has 5 heteroatoms. The lowest BCUT2D eigenvalue weighted by atomic mass is 9.92. The summed E-state index contributed by atoms with van der Waals surface area (Å²) in [6.07, 6.45) is -0.0378. The minimum Gasteiger partial charge on any atom is -0.491 e. The molecule has 21 heavy (non-hydrogen) atoms. The number of hydrogen-bond donors (Lipinski definition) is 3. The molecule has 0 aromatic heterocycles. The van der Waals surface area contributed by atoms with Crippen LogP contribution in [0.15, 0.2) is 18.2 Å². The molecular formula is C16H24N2O3. The van der Waals surface area contributed by atoms with Crippen LogP contribution < -0.4 is 15.4 Å². The number of amides is 1. The standard InChI is InChI=1S/C16H24N2O3/c1-10(2)17-8-12(19)9-21-13-4-5-14-11(3)6-16(20)18-15(14)7-13/h4-5,7,10-12,17,19H,6,8-9H2,1-3H3,(H,18,20). The largest absolute Gasteiger partial charge is 0.491 e. The summed E-state index contributed by atoms with van der Waals surface area (Å²) in [5.41, 5.74) is 1.94. The Balaban J connectivity index is 1.93. The third-order valence-corrected chi connectivity index (χ3v) is 3.53. The fraction of sp³-hybridized carbons (Fsp3) is 0.562. The minimum absolute atomic E-state index is 0.0355. The van der Waals surface area contributed by atoms with Gasteiger partial charge in [-0.2, -0.15) is 0 Å². The highest BCUT2D eigenvalue weighted by molar-refractivity contribution is 5.94. The second-order valence-electron chi connectivity index (χ2n) is 5.93. The van der Waals surface area contributed by atoms with Gasteiger partial charge in [0.05, 0.1) is 0 Å². The summed E-state index contributed by atoms with van der Waals surface area (Å²) in [6, 6.07) is 6.02. The average Bonchev–Trinajstić information content (AvgIpc) is 2.42. The number of aliphatic hydroxyl groups is 1. The van der Waals surface area contributed by atoms with Crippen LogP contribution in [0.5, 0.6) is 5.75 Å². The van der Waals surface area contributed by atoms with Crippen molar-refractivity contribution in [2.45, 2.75) is 45.3 Å². The number of nitrogens with one attached hydrogen (secondary N) is 2. The highest BCUT2D eigenvalue weighted by Gasteiger charge is 2.21. The fourth-order valence-electron chi connectivity index (χ4n) is 2.38. The SMILES string of the molecule is CC(C)NCC(O)COc1ccc2c(c1)NC(=O)CC2C. The van der Waals surface area contributed by atoms with Crippen molar-refractivity contribution in [3.05, 3.63) is 23.8 Å². The molecule has 0 bridgehead atoms. The third-order valence-electron chi connectivity index (χ3n) is 3.53. The lowest BCUT2D eigenvalue weighted by Crippen LogP contribution is -2.35. The van der Waals surface area contributed by atoms with Gasteiger partial charge in [-0.15, -0.1) is 0 Å². The van der Waals surface area contributed by atoms with Crippen molar-refractivity contribution in [1.29, 1.82) is 0 Å². The van der Waals surface area contributed by atoms with Gasteiger partial charge < -0.3 is 20.5 Å². The Morgan fingerprint density at radius 3 is 2.95 bits per heavy atom. The van der Waals surface area contributed by atoms with Crippen molar-refractivity contribution >= 4 is 11.6 Å². The first-order valence-electron chi connectivity index (χ1n) is 7.43. The molecule has 0 saturated heterocycles. The predicted octanol–water partition coefficient (Wildman–Crippen LogP) is 1.87. The topological polar surface area (TPSA) is 70.6 Å². The molecule has 0 spiro atoms. The zero-order chi connectivity index (χ0) is 15.4. The summed E-state index contributed by atoms with van der Waals surface area (Å²) in [6.45, 7) is 6.82. The maximum atomic E-state index is 11.6. The Hall–Kier alpha value is -1.59. The van der Waals surface area contributed by atoms with Gasteiger partial charge in [0.25, 0.3) is 0 Å². The van der Waals surface area contributed by atoms with Gasteiger partial charge in [0.2, 0.25) is 5.91 Å². The van der Waals surface area contributed by atoms with Gasteiger partial charge in [-0.3, -0.25) is 4.79 Å². The molecular weight excluding hydrogens is 268 g/mol. The zero-order valence-corrected chi connectivity index (χ0v) is 12.8. The number of anilines is 1. The summed E-state index contributed by atoms with van der Waals surface area (Å²) < 4.78 is 5.60. The van der Waals surface area contributed by atoms with E-state index < -0.39 is 6.10 Å². The Labute approximate surface area is 125 Å². The first-order chi connectivity index (χ1) is 9.95. The smallest absolute Gasteiger partial charge is 0.224 e. The third kappa shape index (κ3) is 4.44. The monoisotopic (exact) mass is 292 g/mol. The van der Waals surface area contributed by atoms with E-state index >= 15 is 0 Å². The number of fused-ring (bicyclic) bond motifs is 1. The number of benzene rings is 1. The van der Waals surface area contributed by atoms with Gasteiger partial charge in [0, 0.05) is 30.8 Å². The molecule has 1 aliphatic heterocycles. The van der Waals surface area contributed by atoms with Crippen LogP contribution in [0.1, 0.15) is 38.7 Å². The van der Waals surface area contributed by atoms with Crippen LogP contribution in [0.25, 0.3) is 0 Å². The first kappa shape index (κ1) is 15.8. The summed E-state index contributed by atoms with van der Waals surface area (Å²) in [7, 11) is 0. The second-order valence-corrected chi connectivity index (χ2v) is 5.93. The molecule has 1 aromatic rings. The average molecular weight is 292 g/mol. The molecule has 0 radical (unpaired) electrons. The molecule has 1 aromatic carbocycles. The van der Waals surface area contributed by atoms with E-state index in [-0.39, 0.29) is 18.4 Å². The lowest BCUT2D eigenvalue weighted by molar-refractivity contribution is -0.116. The molecule has 0 fully saturated rings. The van der Waals surface area contributed by atoms with Gasteiger partial charge in [0.1, 0.15) is 18.5 Å². The molecule has 1 aliphatic rings. The second kappa shape index (κ2) is 6.91. The van der Waals surface area contributed by atoms with Crippen molar-refractivity contribution in [2.75, 3.05) is 18.5 Å². The van der Waals surface area contributed by atoms with E-state index in [4.69, 9.17) is 4.74 Å². The van der Waals surface area contributed by atoms with E-state index in [1.54, 1.807) is 0 Å². The van der Waals surface area contributed by atoms with Crippen molar-refractivity contribution in [3.63, 3.8) is 0 Å². The van der Waals surface area contributed by atoms with Crippen LogP contribution in [0.2, 0.25) is 0 Å². The molecule has 2 unspecified atom stereocenters. The number of carbonyl (C=O) groups is 1. The molecule has 1 heterocycles. The predicted molar refractivity (Wildman–Crippen MR) is 82.7 cm³/mol. The van der Waals surface area contributed by atoms with Crippen LogP contribution in [-0.4, -0.2) is 36.3 Å². The molecule has 2 atom stereocenters. The number of ether oxygens (including phenoxy) is 1. The number of hydrogen-bond acceptors (Lipinski definition) is 4. The molecule has 2 rings (SSSR count). The van der Waals surface area contributed by atoms with Crippen molar-refractivity contribution in [1.82, 2.24) is 5.32 Å². The van der Waals surface area contributed by atoms with Gasteiger partial charge in [-0.05, 0) is 17.5 Å². The summed E-state index contributed by atoms with van der Waals surface area (Å²) in [5, 5.41) is 15.8. The molecule has 0 aliphatic carbocycles. The minimum atomic E-state index is -0.558. The quantitative estimate of drug-likeness (QED) is 0.748. The Morgan fingerprint density at radius 1 is 1.48 bits per heavy atom. The van der Waals surface area contributed by atoms with Gasteiger partial charge >= 0.3 is 0 Å². The van der Waals surface area contributed by atoms with Crippen molar-refractivity contribution in [2.24, 2.45) is 0 Å². The Bertz CT molecular complexity index is 502. The normalized spacial score (nSPS) is 19.1. The maximum Gasteiger partial charge on any atom is 0.224 e. The first-order valence-corrected chi connectivity index (χ1v) is 7.43. The number of aliphatic hydroxyl groups excluding tert-OH is 1. The van der Waals surface area contributed by atoms with Crippen molar-refractivity contribution in [3.8, 4) is 5.75 Å². The van der Waals surface area contributed by atoms with Gasteiger partial charge in [0.15, 0.2) is 0 Å². The van der Waals surface area contributed by atoms with Crippen LogP contribution >= 0.6 is 0 Å². The van der Waals surface area contributed by atoms with E-state index in [0.717, 1.165) is 11.3 Å². The van der Waals surface area contributed by atoms with E-state index in [0.29, 0.717) is 24.8 Å². The van der Waals surface area contributed by atoms with E-state index in [2.05, 4.69) is 10.6 Å². The number of carbonyl (C=O) groups excluding carboxylic acids is 1. The highest BCUT2D eigenvalue weighted by Crippen LogP contribution is 2.34. The van der Waals surface area contributed by atoms with Crippen molar-refractivity contribution < 1.29 is 14.6 Å². The lowest BCUT2D eigenvalue weighted by Gasteiger charge is -2.23. The molecule has 3 N–H and O–H groups in total. The highest BCUT2D eigenvalue weighted by atomic mass is 16.5. The van der Waals surface area contributed by atoms with Crippen LogP contribution in [0.3, 0.4) is 0 Å². The van der Waals surface area contributed by atoms with Crippen LogP contribution in [-0.2, 0) is 4.79 Å². The summed E-state index contributed by atoms with van der Waals surface area (Å²) in [5.74, 6) is 0.920. The molecule has 116 valence electrons. The Morgan fingerprint density at radius 2 is 2.24 bits per heavy atom. The van der Waals surface area contributed by atoms with Gasteiger partial charge in [-0.25, -0.2) is 0 Å². The van der Waals surface area contributed by atoms with E-state index in [1.165, 1.54) is 0 Å². The van der Waals surface area contributed by atoms with Crippen LogP contribution in [0, 0.1) is 0 Å². The summed E-state index contributed by atoms with van der Waals surface area (Å²) >= 11 is 0. The number of rotatable bonds is 6. The van der Waals surface area contributed by atoms with E-state index in [1.807, 2.05) is 39.0 Å². The summed E-state index contributed by atoms with van der Waals surface area (Å²) in [4.78, 5) is 11.6. The van der Waals surface area contributed by atoms with Gasteiger partial charge in [-0.1, -0.05) is 26.8 Å². The zero-order valence-electron chi connectivity index (χ0n) is 12.8. The molecule has 5 nitrogen and oxygen atoms in total. The Kier molecular flexibility index (Phi) is 5.20.